The predicted molar refractivity (Wildman–Crippen MR) is 67.8 cm³/mol. The fourth-order valence-electron chi connectivity index (χ4n) is 1.60. The van der Waals surface area contributed by atoms with Gasteiger partial charge in [0.2, 0.25) is 0 Å². The van der Waals surface area contributed by atoms with E-state index in [2.05, 4.69) is 9.84 Å². The van der Waals surface area contributed by atoms with Crippen LogP contribution in [0.25, 0.3) is 5.69 Å². The van der Waals surface area contributed by atoms with Gasteiger partial charge in [-0.3, -0.25) is 4.79 Å². The molecule has 0 unspecified atom stereocenters. The standard InChI is InChI=1S/C12H12N4O3/c1-19-12(18)7-2-3-10(8(13)6-7)16-5-4-9(15-16)11(14)17/h2-6H,13H2,1H3,(H2,14,17). The lowest BCUT2D eigenvalue weighted by atomic mass is 10.2. The highest BCUT2D eigenvalue weighted by Gasteiger charge is 2.11. The van der Waals surface area contributed by atoms with E-state index in [1.54, 1.807) is 18.3 Å². The topological polar surface area (TPSA) is 113 Å². The summed E-state index contributed by atoms with van der Waals surface area (Å²) in [5.41, 5.74) is 12.3. The molecule has 0 bridgehead atoms. The molecule has 1 heterocycles. The number of nitrogen functional groups attached to an aromatic ring is 1. The van der Waals surface area contributed by atoms with Crippen LogP contribution in [-0.2, 0) is 4.74 Å². The number of hydrogen-bond acceptors (Lipinski definition) is 5. The summed E-state index contributed by atoms with van der Waals surface area (Å²) in [5, 5.41) is 3.98. The Morgan fingerprint density at radius 1 is 1.32 bits per heavy atom. The molecule has 0 aliphatic carbocycles. The minimum absolute atomic E-state index is 0.136. The maximum absolute atomic E-state index is 11.3. The SMILES string of the molecule is COC(=O)c1ccc(-n2ccc(C(N)=O)n2)c(N)c1. The Kier molecular flexibility index (Phi) is 3.19. The molecule has 0 saturated carbocycles. The van der Waals surface area contributed by atoms with Gasteiger partial charge in [-0.25, -0.2) is 9.48 Å². The molecule has 0 aliphatic heterocycles. The van der Waals surface area contributed by atoms with Crippen LogP contribution in [0.1, 0.15) is 20.8 Å². The second kappa shape index (κ2) is 4.81. The van der Waals surface area contributed by atoms with Crippen LogP contribution in [0.4, 0.5) is 5.69 Å². The molecule has 0 atom stereocenters. The third-order valence-electron chi connectivity index (χ3n) is 2.54. The first-order valence-electron chi connectivity index (χ1n) is 5.36. The number of ether oxygens (including phenoxy) is 1. The molecule has 0 spiro atoms. The summed E-state index contributed by atoms with van der Waals surface area (Å²) in [6.07, 6.45) is 1.56. The molecule has 1 aromatic heterocycles. The van der Waals surface area contributed by atoms with Crippen molar-refractivity contribution in [1.29, 1.82) is 0 Å². The monoisotopic (exact) mass is 260 g/mol. The van der Waals surface area contributed by atoms with Crippen LogP contribution in [-0.4, -0.2) is 28.8 Å². The number of methoxy groups -OCH3 is 1. The van der Waals surface area contributed by atoms with Crippen molar-refractivity contribution in [2.75, 3.05) is 12.8 Å². The lowest BCUT2D eigenvalue weighted by Crippen LogP contribution is -2.12. The predicted octanol–water partition coefficient (Wildman–Crippen LogP) is 0.340. The van der Waals surface area contributed by atoms with Gasteiger partial charge in [-0.15, -0.1) is 0 Å². The van der Waals surface area contributed by atoms with Crippen LogP contribution in [0.3, 0.4) is 0 Å². The number of aromatic nitrogens is 2. The summed E-state index contributed by atoms with van der Waals surface area (Å²) in [5.74, 6) is -1.10. The van der Waals surface area contributed by atoms with Crippen LogP contribution >= 0.6 is 0 Å². The van der Waals surface area contributed by atoms with Crippen molar-refractivity contribution in [1.82, 2.24) is 9.78 Å². The van der Waals surface area contributed by atoms with E-state index >= 15 is 0 Å². The first kappa shape index (κ1) is 12.6. The number of carbonyl (C=O) groups excluding carboxylic acids is 2. The minimum Gasteiger partial charge on any atom is -0.465 e. The average Bonchev–Trinajstić information content (AvgIpc) is 2.87. The van der Waals surface area contributed by atoms with E-state index in [1.165, 1.54) is 23.9 Å². The number of primary amides is 1. The van der Waals surface area contributed by atoms with Crippen LogP contribution in [0.15, 0.2) is 30.5 Å². The first-order valence-corrected chi connectivity index (χ1v) is 5.36. The summed E-state index contributed by atoms with van der Waals surface area (Å²) in [6.45, 7) is 0. The molecule has 19 heavy (non-hydrogen) atoms. The van der Waals surface area contributed by atoms with Crippen LogP contribution < -0.4 is 11.5 Å². The minimum atomic E-state index is -0.622. The Hall–Kier alpha value is -2.83. The quantitative estimate of drug-likeness (QED) is 0.610. The van der Waals surface area contributed by atoms with Crippen molar-refractivity contribution in [3.8, 4) is 5.69 Å². The maximum atomic E-state index is 11.3. The molecular weight excluding hydrogens is 248 g/mol. The molecule has 98 valence electrons. The van der Waals surface area contributed by atoms with Gasteiger partial charge >= 0.3 is 5.97 Å². The number of rotatable bonds is 3. The fraction of sp³-hybridized carbons (Fsp3) is 0.0833. The van der Waals surface area contributed by atoms with Gasteiger partial charge in [0.15, 0.2) is 0 Å². The van der Waals surface area contributed by atoms with E-state index in [9.17, 15) is 9.59 Å². The van der Waals surface area contributed by atoms with Gasteiger partial charge in [0.05, 0.1) is 24.0 Å². The van der Waals surface area contributed by atoms with Gasteiger partial charge in [-0.05, 0) is 24.3 Å². The molecule has 7 heteroatoms. The van der Waals surface area contributed by atoms with Crippen LogP contribution in [0.2, 0.25) is 0 Å². The highest BCUT2D eigenvalue weighted by Crippen LogP contribution is 2.19. The average molecular weight is 260 g/mol. The molecule has 1 amide bonds. The zero-order chi connectivity index (χ0) is 14.0. The Balaban J connectivity index is 2.40. The molecule has 0 aliphatic rings. The maximum Gasteiger partial charge on any atom is 0.337 e. The second-order valence-electron chi connectivity index (χ2n) is 3.77. The van der Waals surface area contributed by atoms with E-state index in [0.29, 0.717) is 16.9 Å². The van der Waals surface area contributed by atoms with Crippen LogP contribution in [0.5, 0.6) is 0 Å². The van der Waals surface area contributed by atoms with Crippen LogP contribution in [0, 0.1) is 0 Å². The number of nitrogens with two attached hydrogens (primary N) is 2. The molecule has 0 radical (unpaired) electrons. The molecule has 2 rings (SSSR count). The van der Waals surface area contributed by atoms with Crippen molar-refractivity contribution in [3.63, 3.8) is 0 Å². The summed E-state index contributed by atoms with van der Waals surface area (Å²) < 4.78 is 6.01. The van der Waals surface area contributed by atoms with E-state index in [-0.39, 0.29) is 5.69 Å². The summed E-state index contributed by atoms with van der Waals surface area (Å²) in [7, 11) is 1.29. The largest absolute Gasteiger partial charge is 0.465 e. The lowest BCUT2D eigenvalue weighted by Gasteiger charge is -2.07. The Morgan fingerprint density at radius 2 is 2.05 bits per heavy atom. The van der Waals surface area contributed by atoms with Crippen molar-refractivity contribution >= 4 is 17.6 Å². The van der Waals surface area contributed by atoms with Gasteiger partial charge in [-0.2, -0.15) is 5.10 Å². The summed E-state index contributed by atoms with van der Waals surface area (Å²) in [6, 6.07) is 6.13. The van der Waals surface area contributed by atoms with E-state index in [4.69, 9.17) is 11.5 Å². The van der Waals surface area contributed by atoms with E-state index in [1.807, 2.05) is 0 Å². The third kappa shape index (κ3) is 2.39. The second-order valence-corrected chi connectivity index (χ2v) is 3.77. The molecule has 0 fully saturated rings. The molecule has 4 N–H and O–H groups in total. The number of esters is 1. The fourth-order valence-corrected chi connectivity index (χ4v) is 1.60. The highest BCUT2D eigenvalue weighted by molar-refractivity contribution is 5.91. The normalized spacial score (nSPS) is 10.2. The molecular formula is C12H12N4O3. The molecule has 2 aromatic rings. The van der Waals surface area contributed by atoms with Gasteiger partial charge < -0.3 is 16.2 Å². The number of hydrogen-bond donors (Lipinski definition) is 2. The Labute approximate surface area is 108 Å². The Morgan fingerprint density at radius 3 is 2.58 bits per heavy atom. The number of anilines is 1. The summed E-state index contributed by atoms with van der Waals surface area (Å²) >= 11 is 0. The lowest BCUT2D eigenvalue weighted by molar-refractivity contribution is 0.0600. The van der Waals surface area contributed by atoms with E-state index in [0.717, 1.165) is 0 Å². The zero-order valence-corrected chi connectivity index (χ0v) is 10.2. The van der Waals surface area contributed by atoms with Crippen molar-refractivity contribution in [3.05, 3.63) is 41.7 Å². The zero-order valence-electron chi connectivity index (χ0n) is 10.2. The molecule has 1 aromatic carbocycles. The van der Waals surface area contributed by atoms with Gasteiger partial charge in [-0.1, -0.05) is 0 Å². The van der Waals surface area contributed by atoms with Crippen molar-refractivity contribution < 1.29 is 14.3 Å². The van der Waals surface area contributed by atoms with Gasteiger partial charge in [0, 0.05) is 6.20 Å². The smallest absolute Gasteiger partial charge is 0.337 e. The van der Waals surface area contributed by atoms with Crippen molar-refractivity contribution in [2.24, 2.45) is 5.73 Å². The summed E-state index contributed by atoms with van der Waals surface area (Å²) in [4.78, 5) is 22.3. The molecule has 0 saturated heterocycles. The number of benzene rings is 1. The number of nitrogens with zero attached hydrogens (tertiary/aromatic N) is 2. The number of carbonyl (C=O) groups is 2. The van der Waals surface area contributed by atoms with Crippen molar-refractivity contribution in [2.45, 2.75) is 0 Å². The number of amides is 1. The van der Waals surface area contributed by atoms with Gasteiger partial charge in [0.25, 0.3) is 5.91 Å². The Bertz CT molecular complexity index is 648. The van der Waals surface area contributed by atoms with Gasteiger partial charge in [0.1, 0.15) is 5.69 Å². The van der Waals surface area contributed by atoms with E-state index < -0.39 is 11.9 Å². The molecule has 7 nitrogen and oxygen atoms in total. The third-order valence-corrected chi connectivity index (χ3v) is 2.54. The first-order chi connectivity index (χ1) is 9.02. The highest BCUT2D eigenvalue weighted by atomic mass is 16.5.